The fourth-order valence-corrected chi connectivity index (χ4v) is 0.425. The Morgan fingerprint density at radius 2 is 2.50 bits per heavy atom. The lowest BCUT2D eigenvalue weighted by Crippen LogP contribution is -2.05. The molecular formula is C5H5NO2. The molecule has 1 rings (SSSR count). The molecule has 0 aromatic rings. The van der Waals surface area contributed by atoms with Crippen molar-refractivity contribution < 1.29 is 9.78 Å². The lowest BCUT2D eigenvalue weighted by molar-refractivity contribution is -0.285. The highest BCUT2D eigenvalue weighted by molar-refractivity contribution is 5.21. The van der Waals surface area contributed by atoms with Gasteiger partial charge in [0.15, 0.2) is 0 Å². The summed E-state index contributed by atoms with van der Waals surface area (Å²) in [4.78, 5) is 8.96. The zero-order chi connectivity index (χ0) is 5.82. The van der Waals surface area contributed by atoms with Gasteiger partial charge >= 0.3 is 0 Å². The van der Waals surface area contributed by atoms with Crippen molar-refractivity contribution in [2.75, 3.05) is 13.2 Å². The molecule has 0 fully saturated rings. The molecule has 3 heteroatoms. The van der Waals surface area contributed by atoms with E-state index in [1.165, 1.54) is 0 Å². The van der Waals surface area contributed by atoms with E-state index in [9.17, 15) is 0 Å². The second-order valence-corrected chi connectivity index (χ2v) is 1.39. The molecule has 0 radical (unpaired) electrons. The molecule has 0 aromatic heterocycles. The van der Waals surface area contributed by atoms with E-state index in [-0.39, 0.29) is 6.61 Å². The highest BCUT2D eigenvalue weighted by atomic mass is 17.2. The second kappa shape index (κ2) is 2.46. The molecule has 3 nitrogen and oxygen atoms in total. The predicted octanol–water partition coefficient (Wildman–Crippen LogP) is 0.398. The normalized spacial score (nSPS) is 19.1. The molecule has 0 amide bonds. The summed E-state index contributed by atoms with van der Waals surface area (Å²) in [5.41, 5.74) is 0.635. The van der Waals surface area contributed by atoms with E-state index in [0.717, 1.165) is 0 Å². The fraction of sp³-hybridized carbons (Fsp3) is 0.400. The third-order valence-electron chi connectivity index (χ3n) is 0.839. The Balaban J connectivity index is 2.53. The molecule has 0 saturated heterocycles. The molecular weight excluding hydrogens is 106 g/mol. The van der Waals surface area contributed by atoms with E-state index < -0.39 is 0 Å². The van der Waals surface area contributed by atoms with Crippen LogP contribution >= 0.6 is 0 Å². The Morgan fingerprint density at radius 3 is 2.88 bits per heavy atom. The third kappa shape index (κ3) is 1.06. The Kier molecular flexibility index (Phi) is 1.62. The fourth-order valence-electron chi connectivity index (χ4n) is 0.425. The van der Waals surface area contributed by atoms with Gasteiger partial charge in [0.1, 0.15) is 13.2 Å². The minimum Gasteiger partial charge on any atom is -0.232 e. The minimum atomic E-state index is 0.288. The molecule has 0 aromatic carbocycles. The van der Waals surface area contributed by atoms with Gasteiger partial charge in [-0.3, -0.25) is 0 Å². The topological polar surface area (TPSA) is 42.2 Å². The summed E-state index contributed by atoms with van der Waals surface area (Å²) in [6.07, 6.45) is 1.70. The van der Waals surface area contributed by atoms with Crippen LogP contribution in [0, 0.1) is 11.3 Å². The number of rotatable bonds is 0. The monoisotopic (exact) mass is 111 g/mol. The molecule has 1 heterocycles. The van der Waals surface area contributed by atoms with Gasteiger partial charge in [-0.25, -0.2) is 9.78 Å². The Labute approximate surface area is 47.1 Å². The predicted molar refractivity (Wildman–Crippen MR) is 25.6 cm³/mol. The quantitative estimate of drug-likeness (QED) is 0.425. The standard InChI is InChI=1S/C5H5NO2/c6-3-5-1-2-7-8-4-5/h1H,2,4H2. The zero-order valence-electron chi connectivity index (χ0n) is 4.26. The maximum absolute atomic E-state index is 8.24. The van der Waals surface area contributed by atoms with Crippen molar-refractivity contribution in [3.63, 3.8) is 0 Å². The van der Waals surface area contributed by atoms with Crippen LogP contribution in [0.25, 0.3) is 0 Å². The average Bonchev–Trinajstić information content (AvgIpc) is 1.90. The van der Waals surface area contributed by atoms with Crippen molar-refractivity contribution in [1.29, 1.82) is 5.26 Å². The first-order valence-corrected chi connectivity index (χ1v) is 2.27. The van der Waals surface area contributed by atoms with Crippen LogP contribution in [0.3, 0.4) is 0 Å². The van der Waals surface area contributed by atoms with Crippen LogP contribution in [0.15, 0.2) is 11.6 Å². The van der Waals surface area contributed by atoms with Crippen LogP contribution < -0.4 is 0 Å². The van der Waals surface area contributed by atoms with Crippen LogP contribution in [-0.2, 0) is 9.78 Å². The lowest BCUT2D eigenvalue weighted by Gasteiger charge is -2.05. The largest absolute Gasteiger partial charge is 0.232 e. The van der Waals surface area contributed by atoms with Gasteiger partial charge in [0, 0.05) is 0 Å². The van der Waals surface area contributed by atoms with Crippen LogP contribution in [0.4, 0.5) is 0 Å². The summed E-state index contributed by atoms with van der Waals surface area (Å²) in [6.45, 7) is 0.680. The highest BCUT2D eigenvalue weighted by Gasteiger charge is 2.00. The highest BCUT2D eigenvalue weighted by Crippen LogP contribution is 1.99. The van der Waals surface area contributed by atoms with Gasteiger partial charge in [-0.15, -0.1) is 0 Å². The number of hydrogen-bond donors (Lipinski definition) is 0. The Morgan fingerprint density at radius 1 is 1.62 bits per heavy atom. The number of nitrogens with zero attached hydrogens (tertiary/aromatic N) is 1. The van der Waals surface area contributed by atoms with E-state index in [2.05, 4.69) is 9.78 Å². The molecule has 0 N–H and O–H groups in total. The van der Waals surface area contributed by atoms with Crippen LogP contribution in [0.1, 0.15) is 0 Å². The van der Waals surface area contributed by atoms with E-state index in [1.807, 2.05) is 6.07 Å². The lowest BCUT2D eigenvalue weighted by atomic mass is 10.3. The van der Waals surface area contributed by atoms with Crippen LogP contribution in [0.2, 0.25) is 0 Å². The van der Waals surface area contributed by atoms with E-state index >= 15 is 0 Å². The van der Waals surface area contributed by atoms with Gasteiger partial charge in [-0.1, -0.05) is 0 Å². The molecule has 0 aliphatic carbocycles. The smallest absolute Gasteiger partial charge is 0.117 e. The molecule has 42 valence electrons. The van der Waals surface area contributed by atoms with Gasteiger partial charge < -0.3 is 0 Å². The zero-order valence-corrected chi connectivity index (χ0v) is 4.26. The van der Waals surface area contributed by atoms with Crippen LogP contribution in [0.5, 0.6) is 0 Å². The summed E-state index contributed by atoms with van der Waals surface area (Å²) in [5, 5.41) is 8.24. The first-order chi connectivity index (χ1) is 3.93. The minimum absolute atomic E-state index is 0.288. The molecule has 1 aliphatic heterocycles. The Bertz CT molecular complexity index is 145. The molecule has 1 aliphatic rings. The van der Waals surface area contributed by atoms with Crippen molar-refractivity contribution >= 4 is 0 Å². The molecule has 0 saturated carbocycles. The van der Waals surface area contributed by atoms with Gasteiger partial charge in [-0.2, -0.15) is 5.26 Å². The van der Waals surface area contributed by atoms with Gasteiger partial charge in [0.25, 0.3) is 0 Å². The average molecular weight is 111 g/mol. The maximum Gasteiger partial charge on any atom is 0.117 e. The van der Waals surface area contributed by atoms with Crippen molar-refractivity contribution in [2.24, 2.45) is 0 Å². The summed E-state index contributed by atoms with van der Waals surface area (Å²) < 4.78 is 0. The van der Waals surface area contributed by atoms with Crippen LogP contribution in [-0.4, -0.2) is 13.2 Å². The van der Waals surface area contributed by atoms with Gasteiger partial charge in [-0.05, 0) is 6.08 Å². The van der Waals surface area contributed by atoms with E-state index in [1.54, 1.807) is 6.08 Å². The van der Waals surface area contributed by atoms with Crippen molar-refractivity contribution in [3.8, 4) is 6.07 Å². The number of nitriles is 1. The summed E-state index contributed by atoms with van der Waals surface area (Å²) >= 11 is 0. The molecule has 0 atom stereocenters. The summed E-state index contributed by atoms with van der Waals surface area (Å²) in [7, 11) is 0. The maximum atomic E-state index is 8.24. The van der Waals surface area contributed by atoms with Gasteiger partial charge in [0.05, 0.1) is 11.6 Å². The first-order valence-electron chi connectivity index (χ1n) is 2.27. The van der Waals surface area contributed by atoms with E-state index in [0.29, 0.717) is 12.2 Å². The summed E-state index contributed by atoms with van der Waals surface area (Å²) in [6, 6.07) is 1.96. The third-order valence-corrected chi connectivity index (χ3v) is 0.839. The summed E-state index contributed by atoms with van der Waals surface area (Å²) in [5.74, 6) is 0. The molecule has 0 bridgehead atoms. The Hall–Kier alpha value is -0.850. The number of hydrogen-bond acceptors (Lipinski definition) is 3. The van der Waals surface area contributed by atoms with E-state index in [4.69, 9.17) is 5.26 Å². The van der Waals surface area contributed by atoms with Gasteiger partial charge in [0.2, 0.25) is 0 Å². The van der Waals surface area contributed by atoms with Crippen molar-refractivity contribution in [1.82, 2.24) is 0 Å². The second-order valence-electron chi connectivity index (χ2n) is 1.39. The van der Waals surface area contributed by atoms with Crippen molar-refractivity contribution in [3.05, 3.63) is 11.6 Å². The molecule has 0 unspecified atom stereocenters. The molecule has 0 spiro atoms. The van der Waals surface area contributed by atoms with Crippen molar-refractivity contribution in [2.45, 2.75) is 0 Å². The SMILES string of the molecule is N#CC1=CCOOC1. The first kappa shape index (κ1) is 5.29. The molecule has 8 heavy (non-hydrogen) atoms.